The van der Waals surface area contributed by atoms with Crippen LogP contribution in [0, 0.1) is 0 Å². The molecule has 6 aliphatic rings. The lowest BCUT2D eigenvalue weighted by atomic mass is 9.67. The van der Waals surface area contributed by atoms with E-state index in [-0.39, 0.29) is 46.0 Å². The Labute approximate surface area is 657 Å². The number of alkyl halides is 2. The number of halogens is 2. The third-order valence-electron chi connectivity index (χ3n) is 19.6. The maximum Gasteiger partial charge on any atom is 1.00 e. The second-order valence-corrected chi connectivity index (χ2v) is 29.7. The second kappa shape index (κ2) is 48.5. The highest BCUT2D eigenvalue weighted by Crippen LogP contribution is 2.47. The molecule has 12 rings (SSSR count). The highest BCUT2D eigenvalue weighted by molar-refractivity contribution is 6.40. The fourth-order valence-corrected chi connectivity index (χ4v) is 13.4. The quantitative estimate of drug-likeness (QED) is 0.0938. The number of hydrogen-bond acceptors (Lipinski definition) is 10. The molecule has 0 bridgehead atoms. The van der Waals surface area contributed by atoms with E-state index in [1.165, 1.54) is 69.4 Å². The lowest BCUT2D eigenvalue weighted by Gasteiger charge is -2.40. The summed E-state index contributed by atoms with van der Waals surface area (Å²) >= 11 is 9.53. The molecule has 10 nitrogen and oxygen atoms in total. The maximum atomic E-state index is 11.8. The molecule has 592 valence electrons. The zero-order valence-corrected chi connectivity index (χ0v) is 73.3. The van der Waals surface area contributed by atoms with Crippen LogP contribution >= 0.6 is 23.2 Å². The molecular weight excluding hydrogens is 1360 g/mol. The molecule has 0 spiro atoms. The summed E-state index contributed by atoms with van der Waals surface area (Å²) in [5.41, 5.74) is 17.5. The van der Waals surface area contributed by atoms with Crippen molar-refractivity contribution in [2.24, 2.45) is 0 Å². The number of fused-ring (bicyclic) bond motifs is 6. The van der Waals surface area contributed by atoms with Crippen LogP contribution in [-0.4, -0.2) is 63.5 Å². The molecule has 0 fully saturated rings. The Morgan fingerprint density at radius 1 is 0.387 bits per heavy atom. The van der Waals surface area contributed by atoms with E-state index in [4.69, 9.17) is 51.6 Å². The van der Waals surface area contributed by atoms with Gasteiger partial charge in [-0.05, 0) is 258 Å². The summed E-state index contributed by atoms with van der Waals surface area (Å²) in [5, 5.41) is 10.6. The molecule has 1 atom stereocenters. The van der Waals surface area contributed by atoms with E-state index < -0.39 is 5.60 Å². The van der Waals surface area contributed by atoms with E-state index in [1.807, 2.05) is 151 Å². The van der Waals surface area contributed by atoms with E-state index in [2.05, 4.69) is 144 Å². The SMILES string of the molecule is CC.CC.CC.CC.CC.CC.CCC(=O)Oc1ccc2c(c1)C(C)=CCC2(C)C.COc1ccc2c(c1)C(=O)CCC2(C)C.COc1ccc2c(c1)C(C)(O)CCC2(C)C.COc1ccc2c(c1)C(C)=CCC2(C)C.COc1ccc2c(c1)CCCC2(C)C.COc1ccc2c(c1)CCCC2=O.ClCCl.[H+]. The number of aliphatic hydroxyl groups is 1. The predicted octanol–water partition coefficient (Wildman–Crippen LogP) is 27.0. The van der Waals surface area contributed by atoms with Crippen molar-refractivity contribution in [1.29, 1.82) is 0 Å². The summed E-state index contributed by atoms with van der Waals surface area (Å²) in [6.07, 6.45) is 17.0. The Bertz CT molecular complexity index is 3680. The Balaban J connectivity index is 0. The predicted molar refractivity (Wildman–Crippen MR) is 457 cm³/mol. The normalized spacial score (nSPS) is 17.0. The van der Waals surface area contributed by atoms with Gasteiger partial charge in [0.1, 0.15) is 34.5 Å². The number of allylic oxidation sites excluding steroid dienone is 4. The van der Waals surface area contributed by atoms with Gasteiger partial charge in [-0.15, -0.1) is 23.2 Å². The van der Waals surface area contributed by atoms with Gasteiger partial charge in [0.05, 0.1) is 46.5 Å². The molecule has 0 aromatic heterocycles. The van der Waals surface area contributed by atoms with Gasteiger partial charge < -0.3 is 33.5 Å². The van der Waals surface area contributed by atoms with Crippen molar-refractivity contribution in [3.63, 3.8) is 0 Å². The number of esters is 1. The summed E-state index contributed by atoms with van der Waals surface area (Å²) in [5.74, 6) is 5.32. The zero-order chi connectivity index (χ0) is 81.6. The number of methoxy groups -OCH3 is 5. The van der Waals surface area contributed by atoms with E-state index in [0.29, 0.717) is 30.4 Å². The summed E-state index contributed by atoms with van der Waals surface area (Å²) < 4.78 is 31.3. The number of aryl methyl sites for hydroxylation is 2. The number of ketones is 2. The van der Waals surface area contributed by atoms with Gasteiger partial charge in [-0.1, -0.05) is 202 Å². The summed E-state index contributed by atoms with van der Waals surface area (Å²) in [7, 11) is 8.38. The smallest absolute Gasteiger partial charge is 0.497 e. The van der Waals surface area contributed by atoms with Crippen LogP contribution in [0.25, 0.3) is 11.1 Å². The number of rotatable bonds is 7. The second-order valence-electron chi connectivity index (χ2n) is 28.8. The number of hydrogen-bond donors (Lipinski definition) is 1. The Kier molecular flexibility index (Phi) is 45.4. The first-order valence-electron chi connectivity index (χ1n) is 39.3. The topological polar surface area (TPSA) is 127 Å². The number of carbonyl (C=O) groups is 3. The van der Waals surface area contributed by atoms with Crippen molar-refractivity contribution < 1.29 is 49.3 Å². The molecule has 0 saturated heterocycles. The number of carbonyl (C=O) groups excluding carboxylic acids is 3. The molecule has 6 aromatic carbocycles. The summed E-state index contributed by atoms with van der Waals surface area (Å²) in [4.78, 5) is 34.6. The van der Waals surface area contributed by atoms with Gasteiger partial charge in [0.2, 0.25) is 0 Å². The summed E-state index contributed by atoms with van der Waals surface area (Å²) in [6, 6.07) is 36.4. The lowest BCUT2D eigenvalue weighted by molar-refractivity contribution is -0.134. The number of Topliss-reactive ketones (excluding diaryl/α,β-unsaturated/α-hetero) is 2. The van der Waals surface area contributed by atoms with Crippen molar-refractivity contribution in [1.82, 2.24) is 0 Å². The average Bonchev–Trinajstić information content (AvgIpc) is 0.759. The van der Waals surface area contributed by atoms with Crippen LogP contribution in [0.1, 0.15) is 328 Å². The van der Waals surface area contributed by atoms with Crippen LogP contribution in [-0.2, 0) is 50.3 Å². The minimum absolute atomic E-state index is 0. The molecule has 0 heterocycles. The first kappa shape index (κ1) is 99.2. The van der Waals surface area contributed by atoms with Gasteiger partial charge in [-0.25, -0.2) is 0 Å². The third kappa shape index (κ3) is 28.6. The Morgan fingerprint density at radius 3 is 1.20 bits per heavy atom. The zero-order valence-electron chi connectivity index (χ0n) is 72.8. The molecule has 12 heteroatoms. The fourth-order valence-electron chi connectivity index (χ4n) is 13.4. The molecule has 6 aliphatic carbocycles. The van der Waals surface area contributed by atoms with Crippen molar-refractivity contribution in [3.05, 3.63) is 188 Å². The third-order valence-corrected chi connectivity index (χ3v) is 19.6. The van der Waals surface area contributed by atoms with Gasteiger partial charge in [0, 0.05) is 30.4 Å². The first-order valence-corrected chi connectivity index (χ1v) is 40.3. The van der Waals surface area contributed by atoms with Crippen LogP contribution in [0.5, 0.6) is 34.5 Å². The first-order chi connectivity index (χ1) is 50.2. The Hall–Kier alpha value is -6.85. The van der Waals surface area contributed by atoms with Crippen molar-refractivity contribution in [2.45, 2.75) is 296 Å². The van der Waals surface area contributed by atoms with Crippen LogP contribution in [0.3, 0.4) is 0 Å². The van der Waals surface area contributed by atoms with Crippen LogP contribution in [0.2, 0.25) is 0 Å². The standard InChI is InChI=1S/C16H20O2.C14H20O2.C14H18O.C13H16O2.C13H18O.C11H12O2.6C2H6.CH2Cl2/c1-5-15(17)18-12-6-7-14-13(10-12)11(2)8-9-16(14,3)4;1-13(2)7-8-14(3,15)12-9-10(16-4)5-6-11(12)13;1-10-7-8-14(2,3)13-6-5-11(15-4)9-12(10)13;1-13(2)7-6-12(14)10-8-9(15-3)4-5-11(10)13;1-13(2)8-4-5-10-9-11(14-3)6-7-12(10)13;1-13-9-5-6-10-8(7-9)3-2-4-11(10)12;6*1-2;2-1-3/h6-8,10H,5,9H2,1-4H3;5-6,9,15H,7-8H2,1-4H3;5-7,9H,8H2,1-4H3;4-5,8H,6-7H2,1-3H3;6-7,9H,4-5,8H2,1-3H3;5-7H,2-4H2,1H3;6*1-2H3;1H2/p+1. The Morgan fingerprint density at radius 2 is 0.736 bits per heavy atom. The molecule has 0 amide bonds. The molecule has 1 N–H and O–H groups in total. The maximum absolute atomic E-state index is 11.8. The van der Waals surface area contributed by atoms with Crippen molar-refractivity contribution in [3.8, 4) is 34.5 Å². The fraction of sp³-hybridized carbons (Fsp3) is 0.543. The average molecular weight is 1500 g/mol. The molecule has 6 aromatic rings. The molecule has 0 saturated carbocycles. The minimum Gasteiger partial charge on any atom is -0.497 e. The van der Waals surface area contributed by atoms with Gasteiger partial charge in [0.25, 0.3) is 0 Å². The highest BCUT2D eigenvalue weighted by Gasteiger charge is 2.39. The van der Waals surface area contributed by atoms with Gasteiger partial charge >= 0.3 is 7.40 Å². The lowest BCUT2D eigenvalue weighted by Crippen LogP contribution is -2.35. The van der Waals surface area contributed by atoms with Gasteiger partial charge in [-0.3, -0.25) is 14.4 Å². The molecule has 0 aliphatic heterocycles. The van der Waals surface area contributed by atoms with E-state index >= 15 is 0 Å². The summed E-state index contributed by atoms with van der Waals surface area (Å²) in [6.45, 7) is 54.5. The minimum atomic E-state index is -0.723. The molecular formula is C94H143Cl2O10+. The highest BCUT2D eigenvalue weighted by atomic mass is 35.5. The van der Waals surface area contributed by atoms with Crippen LogP contribution in [0.15, 0.2) is 121 Å². The van der Waals surface area contributed by atoms with E-state index in [1.54, 1.807) is 42.5 Å². The van der Waals surface area contributed by atoms with E-state index in [0.717, 1.165) is 102 Å². The molecule has 0 radical (unpaired) electrons. The van der Waals surface area contributed by atoms with Gasteiger partial charge in [-0.2, -0.15) is 0 Å². The van der Waals surface area contributed by atoms with Gasteiger partial charge in [0.15, 0.2) is 11.6 Å². The monoisotopic (exact) mass is 1500 g/mol. The molecule has 1 unspecified atom stereocenters. The number of ether oxygens (including phenoxy) is 6. The van der Waals surface area contributed by atoms with Crippen LogP contribution < -0.4 is 28.4 Å². The van der Waals surface area contributed by atoms with Crippen molar-refractivity contribution in [2.75, 3.05) is 40.9 Å². The largest absolute Gasteiger partial charge is 1.00 e. The van der Waals surface area contributed by atoms with E-state index in [9.17, 15) is 19.5 Å². The number of benzene rings is 6. The van der Waals surface area contributed by atoms with Crippen LogP contribution in [0.4, 0.5) is 0 Å². The molecule has 106 heavy (non-hydrogen) atoms. The van der Waals surface area contributed by atoms with Crippen molar-refractivity contribution >= 4 is 51.9 Å².